The molecule has 5 heteroatoms. The Bertz CT molecular complexity index is 457. The van der Waals surface area contributed by atoms with Crippen LogP contribution in [0.15, 0.2) is 24.3 Å². The SMILES string of the molecule is COc1ccccc1C(CC(=O)NC(C)C)C(=O)O. The summed E-state index contributed by atoms with van der Waals surface area (Å²) in [6.45, 7) is 3.66. The van der Waals surface area contributed by atoms with E-state index in [4.69, 9.17) is 4.74 Å². The number of amides is 1. The van der Waals surface area contributed by atoms with Crippen molar-refractivity contribution in [2.45, 2.75) is 32.2 Å². The third-order valence-electron chi connectivity index (χ3n) is 2.65. The molecule has 0 heterocycles. The van der Waals surface area contributed by atoms with E-state index in [1.54, 1.807) is 24.3 Å². The highest BCUT2D eigenvalue weighted by atomic mass is 16.5. The molecule has 0 fully saturated rings. The third-order valence-corrected chi connectivity index (χ3v) is 2.65. The summed E-state index contributed by atoms with van der Waals surface area (Å²) < 4.78 is 5.14. The number of rotatable bonds is 6. The van der Waals surface area contributed by atoms with Crippen LogP contribution in [0.3, 0.4) is 0 Å². The monoisotopic (exact) mass is 265 g/mol. The maximum Gasteiger partial charge on any atom is 0.311 e. The second kappa shape index (κ2) is 6.78. The van der Waals surface area contributed by atoms with Crippen LogP contribution in [0.5, 0.6) is 5.75 Å². The zero-order chi connectivity index (χ0) is 14.4. The number of carbonyl (C=O) groups excluding carboxylic acids is 1. The van der Waals surface area contributed by atoms with Gasteiger partial charge in [0.15, 0.2) is 0 Å². The highest BCUT2D eigenvalue weighted by Crippen LogP contribution is 2.29. The van der Waals surface area contributed by atoms with Crippen molar-refractivity contribution < 1.29 is 19.4 Å². The van der Waals surface area contributed by atoms with E-state index < -0.39 is 11.9 Å². The minimum absolute atomic E-state index is 0.0142. The lowest BCUT2D eigenvalue weighted by Crippen LogP contribution is -2.32. The van der Waals surface area contributed by atoms with E-state index in [2.05, 4.69) is 5.32 Å². The van der Waals surface area contributed by atoms with E-state index in [1.807, 2.05) is 13.8 Å². The van der Waals surface area contributed by atoms with E-state index in [0.717, 1.165) is 0 Å². The van der Waals surface area contributed by atoms with Crippen LogP contribution in [0, 0.1) is 0 Å². The fourth-order valence-corrected chi connectivity index (χ4v) is 1.85. The normalized spacial score (nSPS) is 12.0. The van der Waals surface area contributed by atoms with Crippen molar-refractivity contribution in [1.29, 1.82) is 0 Å². The molecule has 2 N–H and O–H groups in total. The molecule has 0 aliphatic carbocycles. The smallest absolute Gasteiger partial charge is 0.311 e. The number of carbonyl (C=O) groups is 2. The van der Waals surface area contributed by atoms with Gasteiger partial charge in [-0.1, -0.05) is 18.2 Å². The van der Waals surface area contributed by atoms with Gasteiger partial charge in [0.25, 0.3) is 0 Å². The quantitative estimate of drug-likeness (QED) is 0.822. The highest BCUT2D eigenvalue weighted by Gasteiger charge is 2.26. The van der Waals surface area contributed by atoms with Crippen molar-refractivity contribution in [3.05, 3.63) is 29.8 Å². The van der Waals surface area contributed by atoms with Gasteiger partial charge in [-0.15, -0.1) is 0 Å². The van der Waals surface area contributed by atoms with Crippen LogP contribution in [0.2, 0.25) is 0 Å². The first-order chi connectivity index (χ1) is 8.95. The molecule has 0 radical (unpaired) electrons. The molecule has 1 aromatic rings. The predicted octanol–water partition coefficient (Wildman–Crippen LogP) is 1.78. The zero-order valence-electron chi connectivity index (χ0n) is 11.3. The average molecular weight is 265 g/mol. The lowest BCUT2D eigenvalue weighted by atomic mass is 9.94. The summed E-state index contributed by atoms with van der Waals surface area (Å²) in [5, 5.41) is 12.0. The third kappa shape index (κ3) is 4.28. The first-order valence-electron chi connectivity index (χ1n) is 6.10. The number of hydrogen-bond acceptors (Lipinski definition) is 3. The van der Waals surface area contributed by atoms with Gasteiger partial charge in [-0.3, -0.25) is 9.59 Å². The molecule has 19 heavy (non-hydrogen) atoms. The van der Waals surface area contributed by atoms with E-state index >= 15 is 0 Å². The number of aliphatic carboxylic acids is 1. The number of hydrogen-bond donors (Lipinski definition) is 2. The van der Waals surface area contributed by atoms with Gasteiger partial charge < -0.3 is 15.2 Å². The molecular formula is C14H19NO4. The number of nitrogens with one attached hydrogen (secondary N) is 1. The Hall–Kier alpha value is -2.04. The van der Waals surface area contributed by atoms with E-state index in [1.165, 1.54) is 7.11 Å². The molecule has 0 saturated carbocycles. The van der Waals surface area contributed by atoms with Crippen molar-refractivity contribution in [3.8, 4) is 5.75 Å². The minimum atomic E-state index is -1.04. The first-order valence-corrected chi connectivity index (χ1v) is 6.10. The van der Waals surface area contributed by atoms with Gasteiger partial charge >= 0.3 is 5.97 Å². The van der Waals surface area contributed by atoms with Gasteiger partial charge in [0.1, 0.15) is 5.75 Å². The van der Waals surface area contributed by atoms with E-state index in [9.17, 15) is 14.7 Å². The largest absolute Gasteiger partial charge is 0.496 e. The Morgan fingerprint density at radius 3 is 2.47 bits per heavy atom. The Balaban J connectivity index is 2.95. The lowest BCUT2D eigenvalue weighted by Gasteiger charge is -2.16. The maximum atomic E-state index is 11.7. The highest BCUT2D eigenvalue weighted by molar-refractivity contribution is 5.86. The first kappa shape index (κ1) is 15.0. The van der Waals surface area contributed by atoms with Gasteiger partial charge in [-0.25, -0.2) is 0 Å². The standard InChI is InChI=1S/C14H19NO4/c1-9(2)15-13(16)8-11(14(17)18)10-6-4-5-7-12(10)19-3/h4-7,9,11H,8H2,1-3H3,(H,15,16)(H,17,18). The van der Waals surface area contributed by atoms with Crippen LogP contribution in [0.4, 0.5) is 0 Å². The van der Waals surface area contributed by atoms with Crippen LogP contribution < -0.4 is 10.1 Å². The van der Waals surface area contributed by atoms with Gasteiger partial charge in [-0.2, -0.15) is 0 Å². The van der Waals surface area contributed by atoms with Gasteiger partial charge in [0.2, 0.25) is 5.91 Å². The predicted molar refractivity (Wildman–Crippen MR) is 71.3 cm³/mol. The van der Waals surface area contributed by atoms with E-state index in [-0.39, 0.29) is 18.4 Å². The number of benzene rings is 1. The summed E-state index contributed by atoms with van der Waals surface area (Å²) in [5.74, 6) is -1.75. The van der Waals surface area contributed by atoms with Crippen LogP contribution in [0.25, 0.3) is 0 Å². The second-order valence-corrected chi connectivity index (χ2v) is 4.56. The molecule has 1 unspecified atom stereocenters. The van der Waals surface area contributed by atoms with Gasteiger partial charge in [0, 0.05) is 18.0 Å². The van der Waals surface area contributed by atoms with Crippen molar-refractivity contribution >= 4 is 11.9 Å². The van der Waals surface area contributed by atoms with Crippen LogP contribution in [-0.2, 0) is 9.59 Å². The molecule has 0 aromatic heterocycles. The number of carboxylic acid groups (broad SMARTS) is 1. The summed E-state index contributed by atoms with van der Waals surface area (Å²) in [6, 6.07) is 6.83. The molecule has 5 nitrogen and oxygen atoms in total. The van der Waals surface area contributed by atoms with Crippen molar-refractivity contribution in [1.82, 2.24) is 5.32 Å². The minimum Gasteiger partial charge on any atom is -0.496 e. The summed E-state index contributed by atoms with van der Waals surface area (Å²) in [7, 11) is 1.48. The van der Waals surface area contributed by atoms with Crippen LogP contribution >= 0.6 is 0 Å². The molecule has 0 aliphatic rings. The summed E-state index contributed by atoms with van der Waals surface area (Å²) in [6.07, 6.45) is -0.103. The Morgan fingerprint density at radius 2 is 1.95 bits per heavy atom. The van der Waals surface area contributed by atoms with Crippen molar-refractivity contribution in [3.63, 3.8) is 0 Å². The van der Waals surface area contributed by atoms with Crippen molar-refractivity contribution in [2.24, 2.45) is 0 Å². The fourth-order valence-electron chi connectivity index (χ4n) is 1.85. The van der Waals surface area contributed by atoms with Crippen molar-refractivity contribution in [2.75, 3.05) is 7.11 Å². The molecule has 1 aromatic carbocycles. The number of para-hydroxylation sites is 1. The molecule has 1 atom stereocenters. The molecule has 0 spiro atoms. The lowest BCUT2D eigenvalue weighted by molar-refractivity contribution is -0.141. The summed E-state index contributed by atoms with van der Waals surface area (Å²) in [5.41, 5.74) is 0.511. The van der Waals surface area contributed by atoms with Crippen LogP contribution in [0.1, 0.15) is 31.7 Å². The Morgan fingerprint density at radius 1 is 1.32 bits per heavy atom. The number of carboxylic acids is 1. The maximum absolute atomic E-state index is 11.7. The zero-order valence-corrected chi connectivity index (χ0v) is 11.3. The molecule has 104 valence electrons. The molecular weight excluding hydrogens is 246 g/mol. The summed E-state index contributed by atoms with van der Waals surface area (Å²) >= 11 is 0. The molecule has 0 saturated heterocycles. The summed E-state index contributed by atoms with van der Waals surface area (Å²) in [4.78, 5) is 23.1. The van der Waals surface area contributed by atoms with Crippen LogP contribution in [-0.4, -0.2) is 30.1 Å². The Kier molecular flexibility index (Phi) is 5.36. The average Bonchev–Trinajstić information content (AvgIpc) is 2.34. The molecule has 1 amide bonds. The second-order valence-electron chi connectivity index (χ2n) is 4.56. The van der Waals surface area contributed by atoms with E-state index in [0.29, 0.717) is 11.3 Å². The molecule has 0 bridgehead atoms. The van der Waals surface area contributed by atoms with Gasteiger partial charge in [-0.05, 0) is 19.9 Å². The van der Waals surface area contributed by atoms with Gasteiger partial charge in [0.05, 0.1) is 13.0 Å². The number of methoxy groups -OCH3 is 1. The number of ether oxygens (including phenoxy) is 1. The Labute approximate surface area is 112 Å². The topological polar surface area (TPSA) is 75.6 Å². The molecule has 1 rings (SSSR count). The molecule has 0 aliphatic heterocycles. The fraction of sp³-hybridized carbons (Fsp3) is 0.429.